The number of aromatic nitrogens is 3. The van der Waals surface area contributed by atoms with E-state index in [4.69, 9.17) is 25.5 Å². The highest BCUT2D eigenvalue weighted by Crippen LogP contribution is 2.34. The molecule has 0 spiro atoms. The first-order valence-electron chi connectivity index (χ1n) is 8.51. The second-order valence-corrected chi connectivity index (χ2v) is 7.45. The van der Waals surface area contributed by atoms with Crippen molar-refractivity contribution in [1.29, 1.82) is 0 Å². The Balaban J connectivity index is 1.38. The normalized spacial score (nSPS) is 10.8. The molecule has 146 valence electrons. The van der Waals surface area contributed by atoms with Gasteiger partial charge in [-0.3, -0.25) is 4.98 Å². The van der Waals surface area contributed by atoms with E-state index < -0.39 is 5.97 Å². The van der Waals surface area contributed by atoms with Crippen molar-refractivity contribution in [1.82, 2.24) is 15.2 Å². The summed E-state index contributed by atoms with van der Waals surface area (Å²) < 4.78 is 17.1. The molecule has 4 aromatic rings. The Kier molecular flexibility index (Phi) is 5.91. The topological polar surface area (TPSA) is 87.3 Å². The number of rotatable bonds is 6. The van der Waals surface area contributed by atoms with Crippen molar-refractivity contribution in [3.05, 3.63) is 69.2 Å². The molecule has 0 aliphatic rings. The smallest absolute Gasteiger partial charge is 0.344 e. The van der Waals surface area contributed by atoms with Gasteiger partial charge in [-0.05, 0) is 52.9 Å². The van der Waals surface area contributed by atoms with Crippen molar-refractivity contribution in [2.45, 2.75) is 6.61 Å². The molecule has 7 nitrogen and oxygen atoms in total. The number of nitrogens with zero attached hydrogens (tertiary/aromatic N) is 3. The van der Waals surface area contributed by atoms with Crippen molar-refractivity contribution in [3.8, 4) is 17.2 Å². The van der Waals surface area contributed by atoms with Crippen LogP contribution in [0.15, 0.2) is 59.1 Å². The number of carbonyl (C=O) groups is 1. The molecule has 0 aliphatic carbocycles. The van der Waals surface area contributed by atoms with Gasteiger partial charge in [0.25, 0.3) is 5.89 Å². The summed E-state index contributed by atoms with van der Waals surface area (Å²) in [7, 11) is 0. The predicted octanol–water partition coefficient (Wildman–Crippen LogP) is 4.67. The second kappa shape index (κ2) is 8.75. The standard InChI is InChI=1S/C20H13ClIN3O4/c21-14-9-15(22)19(18-13(14)7-4-8-23-18)28-11-17(26)27-10-16-24-25-20(29-16)12-5-2-1-3-6-12/h1-9H,10-11H2. The lowest BCUT2D eigenvalue weighted by Crippen LogP contribution is -2.15. The van der Waals surface area contributed by atoms with Crippen molar-refractivity contribution in [2.24, 2.45) is 0 Å². The average molecular weight is 522 g/mol. The molecule has 0 unspecified atom stereocenters. The lowest BCUT2D eigenvalue weighted by atomic mass is 10.2. The zero-order valence-corrected chi connectivity index (χ0v) is 17.8. The molecule has 4 rings (SSSR count). The highest BCUT2D eigenvalue weighted by molar-refractivity contribution is 14.1. The van der Waals surface area contributed by atoms with E-state index in [0.717, 1.165) is 14.5 Å². The minimum atomic E-state index is -0.570. The molecular formula is C20H13ClIN3O4. The van der Waals surface area contributed by atoms with E-state index in [2.05, 4.69) is 37.8 Å². The van der Waals surface area contributed by atoms with Crippen LogP contribution in [0.3, 0.4) is 0 Å². The minimum Gasteiger partial charge on any atom is -0.478 e. The monoisotopic (exact) mass is 521 g/mol. The largest absolute Gasteiger partial charge is 0.478 e. The highest BCUT2D eigenvalue weighted by atomic mass is 127. The summed E-state index contributed by atoms with van der Waals surface area (Å²) in [5.41, 5.74) is 1.37. The second-order valence-electron chi connectivity index (χ2n) is 5.89. The Hall–Kier alpha value is -2.72. The third-order valence-electron chi connectivity index (χ3n) is 3.93. The minimum absolute atomic E-state index is 0.140. The summed E-state index contributed by atoms with van der Waals surface area (Å²) in [6, 6.07) is 14.7. The molecule has 2 heterocycles. The predicted molar refractivity (Wildman–Crippen MR) is 114 cm³/mol. The molecule has 29 heavy (non-hydrogen) atoms. The van der Waals surface area contributed by atoms with E-state index in [0.29, 0.717) is 22.2 Å². The number of hydrogen-bond acceptors (Lipinski definition) is 7. The summed E-state index contributed by atoms with van der Waals surface area (Å²) in [5.74, 6) is 0.470. The van der Waals surface area contributed by atoms with Gasteiger partial charge >= 0.3 is 5.97 Å². The fourth-order valence-corrected chi connectivity index (χ4v) is 3.78. The van der Waals surface area contributed by atoms with Crippen molar-refractivity contribution < 1.29 is 18.7 Å². The van der Waals surface area contributed by atoms with Gasteiger partial charge in [0.15, 0.2) is 19.0 Å². The summed E-state index contributed by atoms with van der Waals surface area (Å²) in [4.78, 5) is 16.4. The molecule has 2 aromatic carbocycles. The quantitative estimate of drug-likeness (QED) is 0.269. The highest BCUT2D eigenvalue weighted by Gasteiger charge is 2.15. The molecule has 0 aliphatic heterocycles. The molecule has 0 amide bonds. The lowest BCUT2D eigenvalue weighted by Gasteiger charge is -2.11. The molecule has 0 saturated heterocycles. The van der Waals surface area contributed by atoms with Crippen LogP contribution in [0.4, 0.5) is 0 Å². The maximum atomic E-state index is 12.1. The number of fused-ring (bicyclic) bond motifs is 1. The zero-order chi connectivity index (χ0) is 20.2. The Labute approximate surface area is 184 Å². The van der Waals surface area contributed by atoms with Gasteiger partial charge in [-0.1, -0.05) is 29.8 Å². The number of pyridine rings is 1. The molecule has 0 radical (unpaired) electrons. The van der Waals surface area contributed by atoms with Crippen LogP contribution in [-0.2, 0) is 16.1 Å². The average Bonchev–Trinajstić information content (AvgIpc) is 3.22. The van der Waals surface area contributed by atoms with E-state index >= 15 is 0 Å². The maximum Gasteiger partial charge on any atom is 0.344 e. The van der Waals surface area contributed by atoms with Crippen molar-refractivity contribution in [2.75, 3.05) is 6.61 Å². The van der Waals surface area contributed by atoms with Crippen LogP contribution in [0.25, 0.3) is 22.4 Å². The van der Waals surface area contributed by atoms with Gasteiger partial charge in [-0.15, -0.1) is 10.2 Å². The van der Waals surface area contributed by atoms with Crippen LogP contribution in [0.2, 0.25) is 5.02 Å². The van der Waals surface area contributed by atoms with Crippen LogP contribution in [-0.4, -0.2) is 27.8 Å². The Morgan fingerprint density at radius 1 is 1.14 bits per heavy atom. The van der Waals surface area contributed by atoms with Crippen LogP contribution in [0.5, 0.6) is 5.75 Å². The van der Waals surface area contributed by atoms with E-state index in [-0.39, 0.29) is 19.1 Å². The van der Waals surface area contributed by atoms with E-state index in [9.17, 15) is 4.79 Å². The summed E-state index contributed by atoms with van der Waals surface area (Å²) in [6.07, 6.45) is 1.64. The first kappa shape index (κ1) is 19.6. The summed E-state index contributed by atoms with van der Waals surface area (Å²) in [6.45, 7) is -0.429. The third-order valence-corrected chi connectivity index (χ3v) is 5.04. The van der Waals surface area contributed by atoms with Crippen molar-refractivity contribution >= 4 is 51.1 Å². The van der Waals surface area contributed by atoms with Crippen LogP contribution in [0, 0.1) is 3.57 Å². The summed E-state index contributed by atoms with van der Waals surface area (Å²) in [5, 5.41) is 9.15. The van der Waals surface area contributed by atoms with Crippen LogP contribution >= 0.6 is 34.2 Å². The van der Waals surface area contributed by atoms with Gasteiger partial charge in [0.1, 0.15) is 5.52 Å². The van der Waals surface area contributed by atoms with Gasteiger partial charge in [0.2, 0.25) is 5.89 Å². The molecule has 0 bridgehead atoms. The zero-order valence-electron chi connectivity index (χ0n) is 14.8. The third kappa shape index (κ3) is 4.48. The Morgan fingerprint density at radius 3 is 2.79 bits per heavy atom. The van der Waals surface area contributed by atoms with Crippen LogP contribution in [0.1, 0.15) is 5.89 Å². The van der Waals surface area contributed by atoms with Gasteiger partial charge in [0, 0.05) is 17.1 Å². The number of halogens is 2. The number of benzene rings is 2. The van der Waals surface area contributed by atoms with E-state index in [1.807, 2.05) is 36.4 Å². The Morgan fingerprint density at radius 2 is 1.97 bits per heavy atom. The Bertz CT molecular complexity index is 1170. The summed E-state index contributed by atoms with van der Waals surface area (Å²) >= 11 is 8.33. The fourth-order valence-electron chi connectivity index (χ4n) is 2.61. The fraction of sp³-hybridized carbons (Fsp3) is 0.100. The molecule has 0 N–H and O–H groups in total. The van der Waals surface area contributed by atoms with Gasteiger partial charge < -0.3 is 13.9 Å². The first-order chi connectivity index (χ1) is 14.1. The molecule has 9 heteroatoms. The lowest BCUT2D eigenvalue weighted by molar-refractivity contribution is -0.148. The molecule has 0 saturated carbocycles. The SMILES string of the molecule is O=C(COc1c(I)cc(Cl)c2cccnc12)OCc1nnc(-c2ccccc2)o1. The first-order valence-corrected chi connectivity index (χ1v) is 9.96. The van der Waals surface area contributed by atoms with E-state index in [1.54, 1.807) is 18.3 Å². The van der Waals surface area contributed by atoms with Gasteiger partial charge in [-0.25, -0.2) is 4.79 Å². The maximum absolute atomic E-state index is 12.1. The number of esters is 1. The number of hydrogen-bond donors (Lipinski definition) is 0. The molecule has 2 aromatic heterocycles. The van der Waals surface area contributed by atoms with Gasteiger partial charge in [0.05, 0.1) is 8.59 Å². The van der Waals surface area contributed by atoms with E-state index in [1.165, 1.54) is 0 Å². The molecule has 0 atom stereocenters. The molecule has 0 fully saturated rings. The number of carbonyl (C=O) groups excluding carboxylic acids is 1. The van der Waals surface area contributed by atoms with Crippen molar-refractivity contribution in [3.63, 3.8) is 0 Å². The number of ether oxygens (including phenoxy) is 2. The van der Waals surface area contributed by atoms with Gasteiger partial charge in [-0.2, -0.15) is 0 Å². The molecular weight excluding hydrogens is 509 g/mol. The van der Waals surface area contributed by atoms with Crippen LogP contribution < -0.4 is 4.74 Å².